The van der Waals surface area contributed by atoms with Crippen molar-refractivity contribution in [3.63, 3.8) is 0 Å². The number of nitrogens with zero attached hydrogens (tertiary/aromatic N) is 2. The van der Waals surface area contributed by atoms with Crippen molar-refractivity contribution in [3.8, 4) is 0 Å². The van der Waals surface area contributed by atoms with Crippen LogP contribution in [0.2, 0.25) is 0 Å². The van der Waals surface area contributed by atoms with Crippen LogP contribution in [0.1, 0.15) is 24.8 Å². The Morgan fingerprint density at radius 3 is 2.58 bits per heavy atom. The molecule has 1 aliphatic carbocycles. The van der Waals surface area contributed by atoms with E-state index >= 15 is 0 Å². The minimum absolute atomic E-state index is 0.00493. The van der Waals surface area contributed by atoms with Crippen molar-refractivity contribution in [2.75, 3.05) is 47.4 Å². The zero-order valence-electron chi connectivity index (χ0n) is 16.3. The molecule has 2 rings (SSSR count). The molecule has 0 saturated heterocycles. The molecule has 1 aromatic carbocycles. The van der Waals surface area contributed by atoms with Gasteiger partial charge >= 0.3 is 0 Å². The van der Waals surface area contributed by atoms with Gasteiger partial charge in [-0.1, -0.05) is 30.3 Å². The van der Waals surface area contributed by atoms with E-state index in [4.69, 9.17) is 4.74 Å². The second-order valence-corrected chi connectivity index (χ2v) is 7.21. The van der Waals surface area contributed by atoms with Crippen LogP contribution in [0, 0.1) is 5.41 Å². The second kappa shape index (κ2) is 10.2. The molecule has 26 heavy (non-hydrogen) atoms. The molecule has 1 saturated carbocycles. The van der Waals surface area contributed by atoms with E-state index in [1.54, 1.807) is 26.1 Å². The predicted octanol–water partition coefficient (Wildman–Crippen LogP) is 1.67. The summed E-state index contributed by atoms with van der Waals surface area (Å²) in [6.07, 6.45) is 4.41. The molecule has 0 heterocycles. The highest BCUT2D eigenvalue weighted by atomic mass is 16.5. The molecule has 1 fully saturated rings. The van der Waals surface area contributed by atoms with Crippen LogP contribution < -0.4 is 10.6 Å². The van der Waals surface area contributed by atoms with Crippen LogP contribution in [-0.4, -0.2) is 64.2 Å². The van der Waals surface area contributed by atoms with Gasteiger partial charge in [0.15, 0.2) is 5.96 Å². The number of ether oxygens (including phenoxy) is 1. The van der Waals surface area contributed by atoms with E-state index < -0.39 is 0 Å². The molecule has 1 aliphatic rings. The summed E-state index contributed by atoms with van der Waals surface area (Å²) in [4.78, 5) is 17.9. The Kier molecular flexibility index (Phi) is 7.91. The summed E-state index contributed by atoms with van der Waals surface area (Å²) in [5.41, 5.74) is 1.60. The lowest BCUT2D eigenvalue weighted by molar-refractivity contribution is -0.127. The van der Waals surface area contributed by atoms with Crippen LogP contribution in [0.4, 0.5) is 0 Å². The Bertz CT molecular complexity index is 583. The monoisotopic (exact) mass is 360 g/mol. The van der Waals surface area contributed by atoms with Crippen LogP contribution in [0.15, 0.2) is 35.3 Å². The highest BCUT2D eigenvalue weighted by molar-refractivity contribution is 5.84. The Balaban J connectivity index is 1.86. The summed E-state index contributed by atoms with van der Waals surface area (Å²) < 4.78 is 5.22. The lowest BCUT2D eigenvalue weighted by Crippen LogP contribution is -2.42. The number of methoxy groups -OCH3 is 1. The fourth-order valence-electron chi connectivity index (χ4n) is 2.71. The van der Waals surface area contributed by atoms with E-state index in [2.05, 4.69) is 27.8 Å². The third kappa shape index (κ3) is 7.04. The number of hydrogen-bond donors (Lipinski definition) is 2. The fourth-order valence-corrected chi connectivity index (χ4v) is 2.71. The number of nitrogens with one attached hydrogen (secondary N) is 2. The van der Waals surface area contributed by atoms with E-state index in [1.165, 1.54) is 18.4 Å². The van der Waals surface area contributed by atoms with Gasteiger partial charge in [0.2, 0.25) is 5.91 Å². The molecule has 0 atom stereocenters. The minimum atomic E-state index is -0.00493. The molecule has 0 aliphatic heterocycles. The number of benzene rings is 1. The topological polar surface area (TPSA) is 66.0 Å². The quantitative estimate of drug-likeness (QED) is 0.492. The standard InChI is InChI=1S/C20H32N4O2/c1-24(2)18(25)15-22-19(21-13-9-17-7-5-4-6-8-17)23-16-20(10-11-20)12-14-26-3/h4-8H,9-16H2,1-3H3,(H2,21,22,23). The van der Waals surface area contributed by atoms with Crippen LogP contribution in [0.5, 0.6) is 0 Å². The summed E-state index contributed by atoms with van der Waals surface area (Å²) in [5, 5.41) is 6.78. The zero-order valence-corrected chi connectivity index (χ0v) is 16.3. The predicted molar refractivity (Wildman–Crippen MR) is 105 cm³/mol. The molecule has 1 aromatic rings. The Morgan fingerprint density at radius 1 is 1.23 bits per heavy atom. The normalized spacial score (nSPS) is 15.4. The van der Waals surface area contributed by atoms with Gasteiger partial charge in [-0.15, -0.1) is 0 Å². The first kappa shape index (κ1) is 20.2. The molecular weight excluding hydrogens is 328 g/mol. The van der Waals surface area contributed by atoms with E-state index in [1.807, 2.05) is 18.2 Å². The van der Waals surface area contributed by atoms with E-state index in [9.17, 15) is 4.79 Å². The van der Waals surface area contributed by atoms with Crippen molar-refractivity contribution < 1.29 is 9.53 Å². The molecule has 0 radical (unpaired) electrons. The van der Waals surface area contributed by atoms with Gasteiger partial charge in [-0.3, -0.25) is 4.79 Å². The molecule has 144 valence electrons. The molecule has 0 aromatic heterocycles. The van der Waals surface area contributed by atoms with Crippen molar-refractivity contribution in [2.45, 2.75) is 25.7 Å². The van der Waals surface area contributed by atoms with Gasteiger partial charge in [0.05, 0.1) is 0 Å². The van der Waals surface area contributed by atoms with Crippen molar-refractivity contribution in [2.24, 2.45) is 10.4 Å². The number of hydrogen-bond acceptors (Lipinski definition) is 3. The van der Waals surface area contributed by atoms with Crippen molar-refractivity contribution in [1.29, 1.82) is 0 Å². The van der Waals surface area contributed by atoms with Crippen LogP contribution in [0.25, 0.3) is 0 Å². The van der Waals surface area contributed by atoms with Crippen molar-refractivity contribution >= 4 is 11.9 Å². The lowest BCUT2D eigenvalue weighted by Gasteiger charge is -2.19. The summed E-state index contributed by atoms with van der Waals surface area (Å²) >= 11 is 0. The van der Waals surface area contributed by atoms with E-state index in [0.29, 0.717) is 11.4 Å². The fraction of sp³-hybridized carbons (Fsp3) is 0.600. The molecule has 0 bridgehead atoms. The van der Waals surface area contributed by atoms with Gasteiger partial charge in [-0.05, 0) is 36.7 Å². The zero-order chi connectivity index (χ0) is 18.8. The average Bonchev–Trinajstić information content (AvgIpc) is 3.42. The first-order valence-corrected chi connectivity index (χ1v) is 9.30. The summed E-state index contributed by atoms with van der Waals surface area (Å²) in [5.74, 6) is 0.703. The Morgan fingerprint density at radius 2 is 1.96 bits per heavy atom. The average molecular weight is 361 g/mol. The summed E-state index contributed by atoms with van der Waals surface area (Å²) in [6, 6.07) is 10.3. The molecular formula is C20H32N4O2. The third-order valence-electron chi connectivity index (χ3n) is 4.84. The largest absolute Gasteiger partial charge is 0.385 e. The van der Waals surface area contributed by atoms with E-state index in [0.717, 1.165) is 32.5 Å². The first-order chi connectivity index (χ1) is 12.5. The highest BCUT2D eigenvalue weighted by Crippen LogP contribution is 2.48. The third-order valence-corrected chi connectivity index (χ3v) is 4.84. The maximum Gasteiger partial charge on any atom is 0.243 e. The van der Waals surface area contributed by atoms with Crippen LogP contribution >= 0.6 is 0 Å². The maximum absolute atomic E-state index is 11.8. The second-order valence-electron chi connectivity index (χ2n) is 7.21. The molecule has 1 amide bonds. The highest BCUT2D eigenvalue weighted by Gasteiger charge is 2.41. The number of guanidine groups is 1. The Hall–Kier alpha value is -2.08. The number of rotatable bonds is 10. The number of carbonyl (C=O) groups excluding carboxylic acids is 1. The maximum atomic E-state index is 11.8. The van der Waals surface area contributed by atoms with Gasteiger partial charge in [0, 0.05) is 40.9 Å². The lowest BCUT2D eigenvalue weighted by atomic mass is 10.0. The van der Waals surface area contributed by atoms with E-state index in [-0.39, 0.29) is 12.5 Å². The van der Waals surface area contributed by atoms with Crippen LogP contribution in [0.3, 0.4) is 0 Å². The van der Waals surface area contributed by atoms with Gasteiger partial charge in [0.25, 0.3) is 0 Å². The molecule has 6 heteroatoms. The molecule has 0 unspecified atom stereocenters. The first-order valence-electron chi connectivity index (χ1n) is 9.30. The number of aliphatic imine (C=N–C) groups is 1. The van der Waals surface area contributed by atoms with Gasteiger partial charge in [0.1, 0.15) is 6.54 Å². The smallest absolute Gasteiger partial charge is 0.243 e. The van der Waals surface area contributed by atoms with Gasteiger partial charge < -0.3 is 20.3 Å². The SMILES string of the molecule is COCCC1(CNC(=NCC(=O)N(C)C)NCCc2ccccc2)CC1. The minimum Gasteiger partial charge on any atom is -0.385 e. The molecule has 2 N–H and O–H groups in total. The van der Waals surface area contributed by atoms with Gasteiger partial charge in [-0.2, -0.15) is 0 Å². The number of likely N-dealkylation sites (N-methyl/N-ethyl adjacent to an activating group) is 1. The molecule has 6 nitrogen and oxygen atoms in total. The summed E-state index contributed by atoms with van der Waals surface area (Å²) in [7, 11) is 5.24. The van der Waals surface area contributed by atoms with Crippen molar-refractivity contribution in [1.82, 2.24) is 15.5 Å². The number of amides is 1. The van der Waals surface area contributed by atoms with Crippen LogP contribution in [-0.2, 0) is 16.0 Å². The molecule has 0 spiro atoms. The Labute approximate surface area is 157 Å². The number of carbonyl (C=O) groups is 1. The summed E-state index contributed by atoms with van der Waals surface area (Å²) in [6.45, 7) is 2.58. The van der Waals surface area contributed by atoms with Crippen molar-refractivity contribution in [3.05, 3.63) is 35.9 Å². The van der Waals surface area contributed by atoms with Gasteiger partial charge in [-0.25, -0.2) is 4.99 Å².